The van der Waals surface area contributed by atoms with E-state index in [0.717, 1.165) is 43.1 Å². The number of nitrogens with one attached hydrogen (secondary N) is 2. The van der Waals surface area contributed by atoms with Crippen LogP contribution < -0.4 is 15.5 Å². The van der Waals surface area contributed by atoms with E-state index in [1.807, 2.05) is 36.5 Å². The summed E-state index contributed by atoms with van der Waals surface area (Å²) in [4.78, 5) is 35.8. The first kappa shape index (κ1) is 23.9. The number of nitrogens with zero attached hydrogens (tertiary/aromatic N) is 4. The van der Waals surface area contributed by atoms with E-state index < -0.39 is 6.04 Å². The van der Waals surface area contributed by atoms with Crippen molar-refractivity contribution < 1.29 is 9.59 Å². The van der Waals surface area contributed by atoms with E-state index in [9.17, 15) is 9.59 Å². The lowest BCUT2D eigenvalue weighted by molar-refractivity contribution is 0.0966. The Morgan fingerprint density at radius 2 is 1.71 bits per heavy atom. The zero-order valence-electron chi connectivity index (χ0n) is 21.3. The van der Waals surface area contributed by atoms with Gasteiger partial charge in [-0.15, -0.1) is 0 Å². The third-order valence-corrected chi connectivity index (χ3v) is 7.34. The number of anilines is 3. The van der Waals surface area contributed by atoms with E-state index in [1.54, 1.807) is 42.6 Å². The summed E-state index contributed by atoms with van der Waals surface area (Å²) >= 11 is 0. The maximum absolute atomic E-state index is 13.6. The molecule has 0 saturated carbocycles. The molecule has 4 aromatic rings. The Kier molecular flexibility index (Phi) is 6.39. The van der Waals surface area contributed by atoms with E-state index in [2.05, 4.69) is 43.1 Å². The fourth-order valence-corrected chi connectivity index (χ4v) is 5.17. The van der Waals surface area contributed by atoms with Crippen molar-refractivity contribution in [3.8, 4) is 0 Å². The number of hydrogen-bond donors (Lipinski definition) is 2. The zero-order chi connectivity index (χ0) is 26.1. The molecule has 0 aliphatic carbocycles. The zero-order valence-corrected chi connectivity index (χ0v) is 21.3. The molecule has 38 heavy (non-hydrogen) atoms. The normalized spacial score (nSPS) is 17.1. The highest BCUT2D eigenvalue weighted by Crippen LogP contribution is 2.31. The van der Waals surface area contributed by atoms with Gasteiger partial charge in [0.15, 0.2) is 5.78 Å². The van der Waals surface area contributed by atoms with Crippen LogP contribution in [0.15, 0.2) is 85.2 Å². The van der Waals surface area contributed by atoms with Crippen molar-refractivity contribution in [2.45, 2.75) is 12.6 Å². The van der Waals surface area contributed by atoms with Crippen LogP contribution in [0.2, 0.25) is 0 Å². The van der Waals surface area contributed by atoms with Gasteiger partial charge < -0.3 is 25.0 Å². The van der Waals surface area contributed by atoms with E-state index in [0.29, 0.717) is 29.2 Å². The molecule has 6 rings (SSSR count). The van der Waals surface area contributed by atoms with Crippen molar-refractivity contribution in [1.82, 2.24) is 14.5 Å². The topological polar surface area (TPSA) is 82.5 Å². The van der Waals surface area contributed by atoms with Crippen molar-refractivity contribution in [1.29, 1.82) is 0 Å². The molecule has 4 heterocycles. The molecule has 0 bridgehead atoms. The quantitative estimate of drug-likeness (QED) is 0.393. The lowest BCUT2D eigenvalue weighted by Crippen LogP contribution is -2.45. The van der Waals surface area contributed by atoms with Crippen molar-refractivity contribution in [2.24, 2.45) is 0 Å². The summed E-state index contributed by atoms with van der Waals surface area (Å²) in [5.41, 5.74) is 4.78. The van der Waals surface area contributed by atoms with Crippen LogP contribution in [0.25, 0.3) is 0 Å². The number of likely N-dealkylation sites (N-methyl/N-ethyl adjacent to an activating group) is 1. The van der Waals surface area contributed by atoms with Crippen molar-refractivity contribution in [3.05, 3.63) is 108 Å². The van der Waals surface area contributed by atoms with E-state index in [-0.39, 0.29) is 11.7 Å². The summed E-state index contributed by atoms with van der Waals surface area (Å²) in [5, 5.41) is 6.43. The van der Waals surface area contributed by atoms with Gasteiger partial charge in [-0.1, -0.05) is 18.2 Å². The van der Waals surface area contributed by atoms with Crippen molar-refractivity contribution in [2.75, 3.05) is 48.8 Å². The number of hydrogen-bond acceptors (Lipinski definition) is 6. The molecule has 1 saturated heterocycles. The van der Waals surface area contributed by atoms with Crippen LogP contribution in [0.3, 0.4) is 0 Å². The third-order valence-electron chi connectivity index (χ3n) is 7.34. The minimum atomic E-state index is -0.504. The van der Waals surface area contributed by atoms with E-state index in [1.165, 1.54) is 0 Å². The van der Waals surface area contributed by atoms with Gasteiger partial charge in [-0.3, -0.25) is 9.59 Å². The van der Waals surface area contributed by atoms with Gasteiger partial charge in [-0.25, -0.2) is 4.98 Å². The first-order chi connectivity index (χ1) is 18.6. The third kappa shape index (κ3) is 4.66. The highest BCUT2D eigenvalue weighted by atomic mass is 16.1. The number of ketones is 1. The Labute approximate surface area is 221 Å². The molecular formula is C30H30N6O2. The predicted molar refractivity (Wildman–Crippen MR) is 149 cm³/mol. The SMILES string of the molecule is CN1CCN(c2ncccc2C(=O)Nc2ccc(C(=O)C3Nc4ccccc4Cn4cccc43)cc2)CC1. The van der Waals surface area contributed by atoms with Crippen molar-refractivity contribution >= 4 is 28.9 Å². The lowest BCUT2D eigenvalue weighted by atomic mass is 10.0. The summed E-state index contributed by atoms with van der Waals surface area (Å²) in [6.45, 7) is 4.23. The maximum Gasteiger partial charge on any atom is 0.259 e. The van der Waals surface area contributed by atoms with Crippen LogP contribution in [-0.4, -0.2) is 59.4 Å². The Bertz CT molecular complexity index is 1470. The second kappa shape index (κ2) is 10.1. The molecule has 1 amide bonds. The number of piperazine rings is 1. The smallest absolute Gasteiger partial charge is 0.259 e. The minimum absolute atomic E-state index is 0.0239. The highest BCUT2D eigenvalue weighted by Gasteiger charge is 2.28. The Morgan fingerprint density at radius 1 is 0.921 bits per heavy atom. The fourth-order valence-electron chi connectivity index (χ4n) is 5.17. The van der Waals surface area contributed by atoms with Gasteiger partial charge in [0.1, 0.15) is 11.9 Å². The molecule has 2 aromatic carbocycles. The fraction of sp³-hybridized carbons (Fsp3) is 0.233. The molecule has 2 N–H and O–H groups in total. The van der Waals surface area contributed by atoms with Gasteiger partial charge in [0.25, 0.3) is 5.91 Å². The standard InChI is InChI=1S/C30H30N6O2/c1-34-16-18-35(19-17-34)29-24(7-4-14-31-29)30(38)32-23-12-10-21(11-13-23)28(37)27-26-9-5-15-36(26)20-22-6-2-3-8-25(22)33-27/h2-15,27,33H,16-20H2,1H3,(H,32,38). The monoisotopic (exact) mass is 506 g/mol. The molecule has 8 nitrogen and oxygen atoms in total. The van der Waals surface area contributed by atoms with Crippen LogP contribution in [0.1, 0.15) is 38.0 Å². The second-order valence-corrected chi connectivity index (χ2v) is 9.86. The lowest BCUT2D eigenvalue weighted by Gasteiger charge is -2.34. The molecular weight excluding hydrogens is 476 g/mol. The Balaban J connectivity index is 1.19. The van der Waals surface area contributed by atoms with Crippen LogP contribution in [0, 0.1) is 0 Å². The predicted octanol–water partition coefficient (Wildman–Crippen LogP) is 4.29. The molecule has 2 aromatic heterocycles. The largest absolute Gasteiger partial charge is 0.370 e. The molecule has 192 valence electrons. The van der Waals surface area contributed by atoms with Gasteiger partial charge in [-0.05, 0) is 67.2 Å². The van der Waals surface area contributed by atoms with E-state index >= 15 is 0 Å². The summed E-state index contributed by atoms with van der Waals surface area (Å²) in [6.07, 6.45) is 3.73. The van der Waals surface area contributed by atoms with Crippen LogP contribution >= 0.6 is 0 Å². The number of Topliss-reactive ketones (excluding diaryl/α,β-unsaturated/α-hetero) is 1. The van der Waals surface area contributed by atoms with E-state index in [4.69, 9.17) is 0 Å². The summed E-state index contributed by atoms with van der Waals surface area (Å²) in [5.74, 6) is 0.461. The molecule has 1 unspecified atom stereocenters. The van der Waals surface area contributed by atoms with Crippen LogP contribution in [0.5, 0.6) is 0 Å². The van der Waals surface area contributed by atoms with Gasteiger partial charge in [0.05, 0.1) is 5.56 Å². The second-order valence-electron chi connectivity index (χ2n) is 9.86. The minimum Gasteiger partial charge on any atom is -0.370 e. The average Bonchev–Trinajstić information content (AvgIpc) is 3.34. The molecule has 2 aliphatic heterocycles. The maximum atomic E-state index is 13.6. The number of amides is 1. The highest BCUT2D eigenvalue weighted by molar-refractivity contribution is 6.08. The summed E-state index contributed by atoms with van der Waals surface area (Å²) < 4.78 is 2.11. The number of para-hydroxylation sites is 1. The average molecular weight is 507 g/mol. The number of carbonyl (C=O) groups excluding carboxylic acids is 2. The first-order valence-electron chi connectivity index (χ1n) is 12.9. The number of pyridine rings is 1. The molecule has 1 atom stereocenters. The molecule has 0 spiro atoms. The summed E-state index contributed by atoms with van der Waals surface area (Å²) in [7, 11) is 2.10. The Hall–Kier alpha value is -4.43. The number of benzene rings is 2. The van der Waals surface area contributed by atoms with Gasteiger partial charge in [-0.2, -0.15) is 0 Å². The van der Waals surface area contributed by atoms with Gasteiger partial charge in [0, 0.05) is 67.7 Å². The summed E-state index contributed by atoms with van der Waals surface area (Å²) in [6, 6.07) is 22.2. The van der Waals surface area contributed by atoms with Crippen LogP contribution in [-0.2, 0) is 6.54 Å². The molecule has 0 radical (unpaired) electrons. The Morgan fingerprint density at radius 3 is 2.53 bits per heavy atom. The van der Waals surface area contributed by atoms with Gasteiger partial charge >= 0.3 is 0 Å². The molecule has 1 fully saturated rings. The number of carbonyl (C=O) groups is 2. The molecule has 2 aliphatic rings. The number of aromatic nitrogens is 2. The van der Waals surface area contributed by atoms with Crippen molar-refractivity contribution in [3.63, 3.8) is 0 Å². The van der Waals surface area contributed by atoms with Gasteiger partial charge in [0.2, 0.25) is 0 Å². The number of rotatable bonds is 5. The van der Waals surface area contributed by atoms with Crippen LogP contribution in [0.4, 0.5) is 17.2 Å². The molecule has 8 heteroatoms. The first-order valence-corrected chi connectivity index (χ1v) is 12.9. The number of fused-ring (bicyclic) bond motifs is 2.